The van der Waals surface area contributed by atoms with E-state index in [1.807, 2.05) is 50.2 Å². The maximum atomic E-state index is 13.5. The second-order valence-corrected chi connectivity index (χ2v) is 8.79. The van der Waals surface area contributed by atoms with Gasteiger partial charge in [-0.15, -0.1) is 0 Å². The van der Waals surface area contributed by atoms with Gasteiger partial charge in [0.1, 0.15) is 11.9 Å². The molecule has 3 aromatic rings. The second-order valence-electron chi connectivity index (χ2n) is 8.79. The summed E-state index contributed by atoms with van der Waals surface area (Å²) >= 11 is 0. The van der Waals surface area contributed by atoms with Crippen LogP contribution in [0.4, 0.5) is 4.39 Å². The molecule has 35 heavy (non-hydrogen) atoms. The van der Waals surface area contributed by atoms with Gasteiger partial charge < -0.3 is 15.0 Å². The molecule has 3 rings (SSSR count). The molecule has 6 nitrogen and oxygen atoms in total. The monoisotopic (exact) mass is 478 g/mol. The van der Waals surface area contributed by atoms with E-state index in [1.54, 1.807) is 6.20 Å². The maximum Gasteiger partial charge on any atom is 0.305 e. The summed E-state index contributed by atoms with van der Waals surface area (Å²) in [5, 5.41) is 12.2. The van der Waals surface area contributed by atoms with E-state index in [0.29, 0.717) is 30.4 Å². The predicted octanol–water partition coefficient (Wildman–Crippen LogP) is 4.95. The molecule has 2 atom stereocenters. The van der Waals surface area contributed by atoms with Gasteiger partial charge in [0.2, 0.25) is 5.91 Å². The highest BCUT2D eigenvalue weighted by Crippen LogP contribution is 2.22. The Hall–Kier alpha value is -3.74. The standard InChI is InChI=1S/C28H31FN2O4/c1-3-4-10-25(27(34)30-24(17-26(32)33)21-11-13-23(29)14-12-21)31-18-19(2)15-22(28(31)35)16-20-8-6-5-7-9-20/h5-9,11-15,18,24-25H,3-4,10,16-17H2,1-2H3,(H,30,34)(H,32,33). The van der Waals surface area contributed by atoms with E-state index in [9.17, 15) is 23.9 Å². The first-order chi connectivity index (χ1) is 16.8. The van der Waals surface area contributed by atoms with Crippen LogP contribution in [-0.4, -0.2) is 21.6 Å². The van der Waals surface area contributed by atoms with Crippen molar-refractivity contribution in [1.82, 2.24) is 9.88 Å². The highest BCUT2D eigenvalue weighted by atomic mass is 19.1. The number of pyridine rings is 1. The van der Waals surface area contributed by atoms with E-state index in [-0.39, 0.29) is 12.0 Å². The van der Waals surface area contributed by atoms with Crippen molar-refractivity contribution in [2.75, 3.05) is 0 Å². The normalized spacial score (nSPS) is 12.7. The summed E-state index contributed by atoms with van der Waals surface area (Å²) in [7, 11) is 0. The smallest absolute Gasteiger partial charge is 0.305 e. The van der Waals surface area contributed by atoms with Crippen LogP contribution in [-0.2, 0) is 16.0 Å². The van der Waals surface area contributed by atoms with Crippen LogP contribution in [0.3, 0.4) is 0 Å². The number of benzene rings is 2. The lowest BCUT2D eigenvalue weighted by atomic mass is 10.0. The summed E-state index contributed by atoms with van der Waals surface area (Å²) in [6.07, 6.45) is 3.74. The van der Waals surface area contributed by atoms with Crippen LogP contribution in [0.1, 0.15) is 66.9 Å². The number of hydrogen-bond donors (Lipinski definition) is 2. The van der Waals surface area contributed by atoms with Gasteiger partial charge in [0.25, 0.3) is 5.56 Å². The Bertz CT molecular complexity index is 1210. The zero-order chi connectivity index (χ0) is 25.4. The topological polar surface area (TPSA) is 88.4 Å². The fraction of sp³-hybridized carbons (Fsp3) is 0.321. The van der Waals surface area contributed by atoms with Gasteiger partial charge in [-0.25, -0.2) is 4.39 Å². The molecule has 0 aliphatic heterocycles. The molecule has 1 aromatic heterocycles. The van der Waals surface area contributed by atoms with Gasteiger partial charge in [-0.3, -0.25) is 14.4 Å². The predicted molar refractivity (Wildman–Crippen MR) is 133 cm³/mol. The highest BCUT2D eigenvalue weighted by Gasteiger charge is 2.26. The molecule has 0 radical (unpaired) electrons. The Balaban J connectivity index is 1.95. The number of aliphatic carboxylic acids is 1. The van der Waals surface area contributed by atoms with Crippen LogP contribution < -0.4 is 10.9 Å². The molecule has 1 heterocycles. The first kappa shape index (κ1) is 25.9. The Labute approximate surface area is 204 Å². The van der Waals surface area contributed by atoms with E-state index in [1.165, 1.54) is 28.8 Å². The van der Waals surface area contributed by atoms with E-state index in [0.717, 1.165) is 17.5 Å². The van der Waals surface area contributed by atoms with Gasteiger partial charge in [0, 0.05) is 18.2 Å². The number of carbonyl (C=O) groups is 2. The minimum Gasteiger partial charge on any atom is -0.481 e. The zero-order valence-corrected chi connectivity index (χ0v) is 20.0. The molecule has 0 saturated carbocycles. The number of carboxylic acid groups (broad SMARTS) is 1. The molecular formula is C28H31FN2O4. The molecule has 0 saturated heterocycles. The number of rotatable bonds is 11. The van der Waals surface area contributed by atoms with Gasteiger partial charge in [-0.05, 0) is 48.2 Å². The largest absolute Gasteiger partial charge is 0.481 e. The Morgan fingerprint density at radius 2 is 1.77 bits per heavy atom. The van der Waals surface area contributed by atoms with Gasteiger partial charge in [-0.1, -0.05) is 62.2 Å². The molecule has 2 N–H and O–H groups in total. The molecule has 0 aliphatic rings. The Morgan fingerprint density at radius 1 is 1.09 bits per heavy atom. The Kier molecular flexibility index (Phi) is 8.95. The number of nitrogens with one attached hydrogen (secondary N) is 1. The number of unbranched alkanes of at least 4 members (excludes halogenated alkanes) is 1. The lowest BCUT2D eigenvalue weighted by Gasteiger charge is -2.24. The minimum absolute atomic E-state index is 0.243. The van der Waals surface area contributed by atoms with Crippen molar-refractivity contribution in [3.8, 4) is 0 Å². The van der Waals surface area contributed by atoms with Crippen molar-refractivity contribution >= 4 is 11.9 Å². The molecule has 2 unspecified atom stereocenters. The van der Waals surface area contributed by atoms with Crippen molar-refractivity contribution in [1.29, 1.82) is 0 Å². The third kappa shape index (κ3) is 7.12. The maximum absolute atomic E-state index is 13.5. The first-order valence-corrected chi connectivity index (χ1v) is 11.8. The van der Waals surface area contributed by atoms with Crippen LogP contribution in [0, 0.1) is 12.7 Å². The molecular weight excluding hydrogens is 447 g/mol. The van der Waals surface area contributed by atoms with E-state index in [4.69, 9.17) is 0 Å². The van der Waals surface area contributed by atoms with Crippen molar-refractivity contribution < 1.29 is 19.1 Å². The van der Waals surface area contributed by atoms with Crippen molar-refractivity contribution in [3.05, 3.63) is 105 Å². The van der Waals surface area contributed by atoms with Crippen molar-refractivity contribution in [2.24, 2.45) is 0 Å². The van der Waals surface area contributed by atoms with Crippen LogP contribution in [0.15, 0.2) is 71.7 Å². The average Bonchev–Trinajstić information content (AvgIpc) is 2.82. The van der Waals surface area contributed by atoms with Gasteiger partial charge in [0.05, 0.1) is 12.5 Å². The summed E-state index contributed by atoms with van der Waals surface area (Å²) in [6.45, 7) is 3.88. The van der Waals surface area contributed by atoms with Crippen molar-refractivity contribution in [2.45, 2.75) is 58.0 Å². The van der Waals surface area contributed by atoms with Gasteiger partial charge in [0.15, 0.2) is 0 Å². The fourth-order valence-electron chi connectivity index (χ4n) is 4.18. The minimum atomic E-state index is -1.09. The summed E-state index contributed by atoms with van der Waals surface area (Å²) in [4.78, 5) is 38.4. The second kappa shape index (κ2) is 12.1. The SMILES string of the molecule is CCCCC(C(=O)NC(CC(=O)O)c1ccc(F)cc1)n1cc(C)cc(Cc2ccccc2)c1=O. The number of carbonyl (C=O) groups excluding carboxylic acids is 1. The first-order valence-electron chi connectivity index (χ1n) is 11.8. The number of carboxylic acids is 1. The number of amides is 1. The Morgan fingerprint density at radius 3 is 2.40 bits per heavy atom. The average molecular weight is 479 g/mol. The van der Waals surface area contributed by atoms with E-state index >= 15 is 0 Å². The van der Waals surface area contributed by atoms with E-state index < -0.39 is 29.8 Å². The number of hydrogen-bond acceptors (Lipinski definition) is 3. The number of nitrogens with zero attached hydrogens (tertiary/aromatic N) is 1. The van der Waals surface area contributed by atoms with Crippen LogP contribution >= 0.6 is 0 Å². The zero-order valence-electron chi connectivity index (χ0n) is 20.0. The molecule has 0 bridgehead atoms. The molecule has 1 amide bonds. The van der Waals surface area contributed by atoms with Gasteiger partial charge in [-0.2, -0.15) is 0 Å². The number of aryl methyl sites for hydroxylation is 1. The molecule has 0 aliphatic carbocycles. The summed E-state index contributed by atoms with van der Waals surface area (Å²) in [6, 6.07) is 15.2. The lowest BCUT2D eigenvalue weighted by Crippen LogP contribution is -2.40. The van der Waals surface area contributed by atoms with Crippen LogP contribution in [0.2, 0.25) is 0 Å². The summed E-state index contributed by atoms with van der Waals surface area (Å²) in [5.74, 6) is -1.98. The van der Waals surface area contributed by atoms with Crippen molar-refractivity contribution in [3.63, 3.8) is 0 Å². The summed E-state index contributed by atoms with van der Waals surface area (Å²) < 4.78 is 14.9. The number of halogens is 1. The van der Waals surface area contributed by atoms with E-state index in [2.05, 4.69) is 5.32 Å². The third-order valence-corrected chi connectivity index (χ3v) is 5.93. The molecule has 2 aromatic carbocycles. The molecule has 0 fully saturated rings. The van der Waals surface area contributed by atoms with Crippen LogP contribution in [0.5, 0.6) is 0 Å². The number of aromatic nitrogens is 1. The van der Waals surface area contributed by atoms with Crippen LogP contribution in [0.25, 0.3) is 0 Å². The summed E-state index contributed by atoms with van der Waals surface area (Å²) in [5.41, 5.74) is 2.68. The quantitative estimate of drug-likeness (QED) is 0.408. The molecule has 184 valence electrons. The van der Waals surface area contributed by atoms with Gasteiger partial charge >= 0.3 is 5.97 Å². The highest BCUT2D eigenvalue weighted by molar-refractivity contribution is 5.81. The molecule has 7 heteroatoms. The molecule has 0 spiro atoms. The lowest BCUT2D eigenvalue weighted by molar-refractivity contribution is -0.137. The third-order valence-electron chi connectivity index (χ3n) is 5.93. The fourth-order valence-corrected chi connectivity index (χ4v) is 4.18.